The second-order valence-electron chi connectivity index (χ2n) is 4.79. The molecular formula is C14H15ClN2O3. The van der Waals surface area contributed by atoms with Crippen LogP contribution in [0.15, 0.2) is 39.5 Å². The van der Waals surface area contributed by atoms with E-state index in [1.165, 1.54) is 0 Å². The Hall–Kier alpha value is -1.85. The molecule has 1 aliphatic rings. The maximum absolute atomic E-state index is 12.3. The van der Waals surface area contributed by atoms with E-state index in [0.29, 0.717) is 18.7 Å². The van der Waals surface area contributed by atoms with E-state index >= 15 is 0 Å². The molecule has 1 fully saturated rings. The molecule has 0 aliphatic carbocycles. The summed E-state index contributed by atoms with van der Waals surface area (Å²) in [4.78, 5) is 25.7. The molecule has 2 N–H and O–H groups in total. The summed E-state index contributed by atoms with van der Waals surface area (Å²) >= 11 is 0. The van der Waals surface area contributed by atoms with Gasteiger partial charge in [-0.1, -0.05) is 18.2 Å². The van der Waals surface area contributed by atoms with Gasteiger partial charge in [-0.2, -0.15) is 0 Å². The van der Waals surface area contributed by atoms with E-state index in [1.54, 1.807) is 23.1 Å². The molecule has 106 valence electrons. The Morgan fingerprint density at radius 3 is 2.80 bits per heavy atom. The zero-order chi connectivity index (χ0) is 13.4. The Bertz CT molecular complexity index is 698. The number of nitrogens with zero attached hydrogens (tertiary/aromatic N) is 1. The normalized spacial score (nSPS) is 18.1. The molecule has 3 rings (SSSR count). The number of halogens is 1. The van der Waals surface area contributed by atoms with Gasteiger partial charge in [0.15, 0.2) is 0 Å². The summed E-state index contributed by atoms with van der Waals surface area (Å²) in [6.07, 6.45) is 0.769. The highest BCUT2D eigenvalue weighted by Crippen LogP contribution is 2.15. The van der Waals surface area contributed by atoms with E-state index in [9.17, 15) is 9.59 Å². The number of rotatable bonds is 1. The van der Waals surface area contributed by atoms with Gasteiger partial charge in [0.2, 0.25) is 0 Å². The minimum Gasteiger partial charge on any atom is -0.422 e. The number of nitrogens with two attached hydrogens (primary N) is 1. The van der Waals surface area contributed by atoms with Gasteiger partial charge in [0, 0.05) is 24.5 Å². The van der Waals surface area contributed by atoms with Crippen molar-refractivity contribution in [1.29, 1.82) is 0 Å². The van der Waals surface area contributed by atoms with Crippen LogP contribution in [0.4, 0.5) is 0 Å². The van der Waals surface area contributed by atoms with Crippen molar-refractivity contribution in [2.45, 2.75) is 12.5 Å². The Morgan fingerprint density at radius 1 is 1.35 bits per heavy atom. The number of carbonyl (C=O) groups excluding carboxylic acids is 1. The average molecular weight is 295 g/mol. The van der Waals surface area contributed by atoms with Gasteiger partial charge >= 0.3 is 5.63 Å². The maximum atomic E-state index is 12.3. The van der Waals surface area contributed by atoms with Crippen molar-refractivity contribution in [3.63, 3.8) is 0 Å². The van der Waals surface area contributed by atoms with Crippen molar-refractivity contribution in [3.8, 4) is 0 Å². The Balaban J connectivity index is 0.00000147. The molecule has 6 heteroatoms. The third kappa shape index (κ3) is 2.55. The smallest absolute Gasteiger partial charge is 0.349 e. The predicted octanol–water partition coefficient (Wildman–Crippen LogP) is 1.39. The summed E-state index contributed by atoms with van der Waals surface area (Å²) in [7, 11) is 0. The van der Waals surface area contributed by atoms with Crippen LogP contribution in [0.3, 0.4) is 0 Å². The lowest BCUT2D eigenvalue weighted by Gasteiger charge is -2.14. The minimum absolute atomic E-state index is 0. The summed E-state index contributed by atoms with van der Waals surface area (Å²) in [5.74, 6) is -0.299. The number of hydrogen-bond acceptors (Lipinski definition) is 4. The van der Waals surface area contributed by atoms with Gasteiger partial charge in [0.05, 0.1) is 0 Å². The largest absolute Gasteiger partial charge is 0.422 e. The molecule has 1 aromatic heterocycles. The molecule has 1 amide bonds. The summed E-state index contributed by atoms with van der Waals surface area (Å²) in [5, 5.41) is 0.744. The standard InChI is InChI=1S/C14H14N2O3.ClH/c15-10-5-6-16(8-10)13(17)11-7-9-3-1-2-4-12(9)19-14(11)18;/h1-4,7,10H,5-6,8,15H2;1H. The number of benzene rings is 1. The second-order valence-corrected chi connectivity index (χ2v) is 4.79. The predicted molar refractivity (Wildman–Crippen MR) is 78.2 cm³/mol. The van der Waals surface area contributed by atoms with Crippen LogP contribution in [0.5, 0.6) is 0 Å². The highest BCUT2D eigenvalue weighted by atomic mass is 35.5. The summed E-state index contributed by atoms with van der Waals surface area (Å²) in [6, 6.07) is 8.72. The van der Waals surface area contributed by atoms with E-state index in [-0.39, 0.29) is 29.9 Å². The zero-order valence-corrected chi connectivity index (χ0v) is 11.6. The average Bonchev–Trinajstić information content (AvgIpc) is 2.84. The SMILES string of the molecule is Cl.NC1CCN(C(=O)c2cc3ccccc3oc2=O)C1. The molecule has 1 atom stereocenters. The first-order valence-corrected chi connectivity index (χ1v) is 6.23. The lowest BCUT2D eigenvalue weighted by atomic mass is 10.1. The van der Waals surface area contributed by atoms with Crippen LogP contribution < -0.4 is 11.4 Å². The van der Waals surface area contributed by atoms with Gasteiger partial charge in [-0.25, -0.2) is 4.79 Å². The summed E-state index contributed by atoms with van der Waals surface area (Å²) in [6.45, 7) is 1.08. The van der Waals surface area contributed by atoms with Crippen LogP contribution in [0.25, 0.3) is 11.0 Å². The lowest BCUT2D eigenvalue weighted by Crippen LogP contribution is -2.34. The molecule has 5 nitrogen and oxygen atoms in total. The molecule has 20 heavy (non-hydrogen) atoms. The fraction of sp³-hybridized carbons (Fsp3) is 0.286. The van der Waals surface area contributed by atoms with Gasteiger partial charge in [0.25, 0.3) is 5.91 Å². The molecule has 1 saturated heterocycles. The highest BCUT2D eigenvalue weighted by molar-refractivity contribution is 5.96. The Kier molecular flexibility index (Phi) is 4.11. The molecule has 2 aromatic rings. The first-order chi connectivity index (χ1) is 9.15. The van der Waals surface area contributed by atoms with Crippen LogP contribution in [0, 0.1) is 0 Å². The fourth-order valence-electron chi connectivity index (χ4n) is 2.35. The third-order valence-electron chi connectivity index (χ3n) is 3.38. The Labute approximate surface area is 121 Å². The van der Waals surface area contributed by atoms with E-state index < -0.39 is 5.63 Å². The van der Waals surface area contributed by atoms with Crippen molar-refractivity contribution < 1.29 is 9.21 Å². The quantitative estimate of drug-likeness (QED) is 0.806. The van der Waals surface area contributed by atoms with E-state index in [4.69, 9.17) is 10.2 Å². The van der Waals surface area contributed by atoms with Gasteiger partial charge in [-0.05, 0) is 18.6 Å². The van der Waals surface area contributed by atoms with Crippen LogP contribution in [-0.4, -0.2) is 29.9 Å². The third-order valence-corrected chi connectivity index (χ3v) is 3.38. The van der Waals surface area contributed by atoms with E-state index in [0.717, 1.165) is 11.8 Å². The maximum Gasteiger partial charge on any atom is 0.349 e. The molecule has 0 saturated carbocycles. The fourth-order valence-corrected chi connectivity index (χ4v) is 2.35. The molecule has 1 unspecified atom stereocenters. The molecule has 1 aliphatic heterocycles. The molecule has 1 aromatic carbocycles. The first kappa shape index (κ1) is 14.6. The van der Waals surface area contributed by atoms with Gasteiger partial charge < -0.3 is 15.1 Å². The van der Waals surface area contributed by atoms with Crippen LogP contribution >= 0.6 is 12.4 Å². The zero-order valence-electron chi connectivity index (χ0n) is 10.7. The molecule has 0 spiro atoms. The second kappa shape index (κ2) is 5.64. The lowest BCUT2D eigenvalue weighted by molar-refractivity contribution is 0.0787. The van der Waals surface area contributed by atoms with E-state index in [1.807, 2.05) is 12.1 Å². The topological polar surface area (TPSA) is 76.5 Å². The molecular weight excluding hydrogens is 280 g/mol. The summed E-state index contributed by atoms with van der Waals surface area (Å²) < 4.78 is 5.17. The van der Waals surface area contributed by atoms with Gasteiger partial charge in [-0.3, -0.25) is 4.79 Å². The Morgan fingerprint density at radius 2 is 2.10 bits per heavy atom. The summed E-state index contributed by atoms with van der Waals surface area (Å²) in [5.41, 5.74) is 5.75. The van der Waals surface area contributed by atoms with Crippen LogP contribution in [0.1, 0.15) is 16.8 Å². The van der Waals surface area contributed by atoms with Crippen molar-refractivity contribution in [2.75, 3.05) is 13.1 Å². The van der Waals surface area contributed by atoms with Gasteiger partial charge in [-0.15, -0.1) is 12.4 Å². The number of para-hydroxylation sites is 1. The van der Waals surface area contributed by atoms with Crippen LogP contribution in [-0.2, 0) is 0 Å². The molecule has 2 heterocycles. The van der Waals surface area contributed by atoms with Gasteiger partial charge in [0.1, 0.15) is 11.1 Å². The number of carbonyl (C=O) groups is 1. The van der Waals surface area contributed by atoms with Crippen LogP contribution in [0.2, 0.25) is 0 Å². The number of hydrogen-bond donors (Lipinski definition) is 1. The minimum atomic E-state index is -0.593. The number of fused-ring (bicyclic) bond motifs is 1. The first-order valence-electron chi connectivity index (χ1n) is 6.23. The van der Waals surface area contributed by atoms with Crippen molar-refractivity contribution >= 4 is 29.3 Å². The van der Waals surface area contributed by atoms with Crippen molar-refractivity contribution in [1.82, 2.24) is 4.90 Å². The number of amides is 1. The molecule has 0 radical (unpaired) electrons. The molecule has 0 bridgehead atoms. The van der Waals surface area contributed by atoms with E-state index in [2.05, 4.69) is 0 Å². The highest BCUT2D eigenvalue weighted by Gasteiger charge is 2.26. The van der Waals surface area contributed by atoms with Crippen molar-refractivity contribution in [2.24, 2.45) is 5.73 Å². The number of likely N-dealkylation sites (tertiary alicyclic amines) is 1. The van der Waals surface area contributed by atoms with Crippen molar-refractivity contribution in [3.05, 3.63) is 46.3 Å². The monoisotopic (exact) mass is 294 g/mol.